The Hall–Kier alpha value is -3.08. The van der Waals surface area contributed by atoms with Gasteiger partial charge in [-0.1, -0.05) is 39.2 Å². The SMILES string of the molecule is CCCCC1CCC(=O)CC1=O.CCCc1ccc(OC)cc1OC.O=C=O.O=C=O. The van der Waals surface area contributed by atoms with Crippen LogP contribution in [0, 0.1) is 5.92 Å². The quantitative estimate of drug-likeness (QED) is 0.594. The molecule has 0 bridgehead atoms. The third-order valence-electron chi connectivity index (χ3n) is 4.52. The lowest BCUT2D eigenvalue weighted by Gasteiger charge is -2.18. The molecule has 0 amide bonds. The van der Waals surface area contributed by atoms with Crippen molar-refractivity contribution in [3.8, 4) is 11.5 Å². The van der Waals surface area contributed by atoms with Crippen LogP contribution in [0.1, 0.15) is 64.4 Å². The predicted octanol–water partition coefficient (Wildman–Crippen LogP) is 3.60. The van der Waals surface area contributed by atoms with Crippen molar-refractivity contribution in [3.63, 3.8) is 0 Å². The second-order valence-corrected chi connectivity index (χ2v) is 6.65. The number of rotatable bonds is 7. The summed E-state index contributed by atoms with van der Waals surface area (Å²) >= 11 is 0. The molecule has 1 unspecified atom stereocenters. The fraction of sp³-hybridized carbons (Fsp3) is 0.565. The minimum Gasteiger partial charge on any atom is -0.497 e. The van der Waals surface area contributed by atoms with Crippen LogP contribution in [0.2, 0.25) is 0 Å². The van der Waals surface area contributed by atoms with Crippen molar-refractivity contribution in [3.05, 3.63) is 23.8 Å². The minimum absolute atomic E-state index is 0.132. The smallest absolute Gasteiger partial charge is 0.373 e. The number of aryl methyl sites for hydroxylation is 1. The Morgan fingerprint density at radius 1 is 0.968 bits per heavy atom. The molecule has 0 aliphatic heterocycles. The number of benzene rings is 1. The van der Waals surface area contributed by atoms with Crippen molar-refractivity contribution in [2.24, 2.45) is 5.92 Å². The molecule has 172 valence electrons. The molecular weight excluding hydrogens is 404 g/mol. The fourth-order valence-electron chi connectivity index (χ4n) is 3.01. The van der Waals surface area contributed by atoms with Crippen molar-refractivity contribution in [2.75, 3.05) is 14.2 Å². The van der Waals surface area contributed by atoms with E-state index in [0.717, 1.165) is 50.0 Å². The topological polar surface area (TPSA) is 121 Å². The van der Waals surface area contributed by atoms with E-state index in [-0.39, 0.29) is 36.2 Å². The molecule has 8 heteroatoms. The number of ether oxygens (including phenoxy) is 2. The summed E-state index contributed by atoms with van der Waals surface area (Å²) in [5, 5.41) is 0. The molecule has 1 aromatic carbocycles. The van der Waals surface area contributed by atoms with Crippen molar-refractivity contribution in [1.82, 2.24) is 0 Å². The van der Waals surface area contributed by atoms with Gasteiger partial charge < -0.3 is 9.47 Å². The lowest BCUT2D eigenvalue weighted by molar-refractivity contribution is -0.193. The van der Waals surface area contributed by atoms with Crippen molar-refractivity contribution < 1.29 is 38.2 Å². The average molecular weight is 437 g/mol. The van der Waals surface area contributed by atoms with Crippen molar-refractivity contribution in [2.45, 2.75) is 65.2 Å². The summed E-state index contributed by atoms with van der Waals surface area (Å²) in [5.41, 5.74) is 1.24. The third kappa shape index (κ3) is 14.5. The van der Waals surface area contributed by atoms with E-state index in [9.17, 15) is 9.59 Å². The Bertz CT molecular complexity index is 702. The van der Waals surface area contributed by atoms with Gasteiger partial charge in [0.05, 0.1) is 20.6 Å². The molecule has 0 aromatic heterocycles. The number of carbonyl (C=O) groups is 2. The molecule has 8 nitrogen and oxygen atoms in total. The molecule has 0 spiro atoms. The number of carbonyl (C=O) groups excluding carboxylic acids is 6. The minimum atomic E-state index is 0.132. The fourth-order valence-corrected chi connectivity index (χ4v) is 3.01. The standard InChI is InChI=1S/C11H16O2.C10H16O2.2CO2/c1-4-5-9-6-7-10(12-2)8-11(9)13-3;1-2-3-4-8-5-6-9(11)7-10(8)12;2*2-1-3/h6-8H,4-5H2,1-3H3;8H,2-7H2,1H3;;. The normalized spacial score (nSPS) is 14.1. The van der Waals surface area contributed by atoms with Crippen LogP contribution < -0.4 is 9.47 Å². The summed E-state index contributed by atoms with van der Waals surface area (Å²) in [6.45, 7) is 4.28. The van der Waals surface area contributed by atoms with Gasteiger partial charge in [-0.3, -0.25) is 9.59 Å². The maximum absolute atomic E-state index is 11.3. The van der Waals surface area contributed by atoms with Gasteiger partial charge >= 0.3 is 12.3 Å². The highest BCUT2D eigenvalue weighted by Gasteiger charge is 2.25. The van der Waals surface area contributed by atoms with E-state index in [1.54, 1.807) is 14.2 Å². The molecule has 1 aliphatic carbocycles. The zero-order valence-electron chi connectivity index (χ0n) is 18.7. The first-order valence-electron chi connectivity index (χ1n) is 10.1. The molecule has 1 atom stereocenters. The summed E-state index contributed by atoms with van der Waals surface area (Å²) in [6.07, 6.45) is 7.55. The predicted molar refractivity (Wildman–Crippen MR) is 110 cm³/mol. The zero-order chi connectivity index (χ0) is 24.1. The van der Waals surface area contributed by atoms with E-state index in [1.165, 1.54) is 5.56 Å². The molecule has 0 radical (unpaired) electrons. The monoisotopic (exact) mass is 436 g/mol. The van der Waals surface area contributed by atoms with Gasteiger partial charge in [0.25, 0.3) is 0 Å². The number of methoxy groups -OCH3 is 2. The summed E-state index contributed by atoms with van der Waals surface area (Å²) < 4.78 is 10.4. The highest BCUT2D eigenvalue weighted by atomic mass is 16.5. The van der Waals surface area contributed by atoms with Crippen LogP contribution in [0.25, 0.3) is 0 Å². The lowest BCUT2D eigenvalue weighted by atomic mass is 9.84. The number of hydrogen-bond acceptors (Lipinski definition) is 8. The Balaban J connectivity index is 0. The van der Waals surface area contributed by atoms with Gasteiger partial charge in [0.15, 0.2) is 0 Å². The maximum Gasteiger partial charge on any atom is 0.373 e. The molecule has 0 heterocycles. The number of Topliss-reactive ketones (excluding diaryl/α,β-unsaturated/α-hetero) is 2. The molecule has 1 fully saturated rings. The van der Waals surface area contributed by atoms with E-state index < -0.39 is 0 Å². The van der Waals surface area contributed by atoms with E-state index in [1.807, 2.05) is 12.1 Å². The summed E-state index contributed by atoms with van der Waals surface area (Å²) in [5.74, 6) is 2.27. The van der Waals surface area contributed by atoms with Gasteiger partial charge in [-0.05, 0) is 30.9 Å². The van der Waals surface area contributed by atoms with Gasteiger partial charge in [0.1, 0.15) is 23.1 Å². The van der Waals surface area contributed by atoms with Crippen LogP contribution in [-0.2, 0) is 35.2 Å². The largest absolute Gasteiger partial charge is 0.497 e. The van der Waals surface area contributed by atoms with E-state index in [2.05, 4.69) is 19.9 Å². The summed E-state index contributed by atoms with van der Waals surface area (Å²) in [6, 6.07) is 5.94. The maximum atomic E-state index is 11.3. The second kappa shape index (κ2) is 20.2. The highest BCUT2D eigenvalue weighted by Crippen LogP contribution is 2.25. The Kier molecular flexibility index (Phi) is 19.6. The highest BCUT2D eigenvalue weighted by molar-refractivity contribution is 6.02. The van der Waals surface area contributed by atoms with Crippen LogP contribution in [0.5, 0.6) is 11.5 Å². The van der Waals surface area contributed by atoms with Crippen LogP contribution in [-0.4, -0.2) is 38.1 Å². The molecule has 2 rings (SSSR count). The van der Waals surface area contributed by atoms with Crippen LogP contribution >= 0.6 is 0 Å². The summed E-state index contributed by atoms with van der Waals surface area (Å²) in [7, 11) is 3.35. The van der Waals surface area contributed by atoms with E-state index in [4.69, 9.17) is 28.7 Å². The van der Waals surface area contributed by atoms with Gasteiger partial charge in [0.2, 0.25) is 0 Å². The Labute approximate surface area is 183 Å². The molecule has 0 N–H and O–H groups in total. The Morgan fingerprint density at radius 3 is 2.03 bits per heavy atom. The molecule has 1 aliphatic rings. The lowest BCUT2D eigenvalue weighted by Crippen LogP contribution is -2.24. The van der Waals surface area contributed by atoms with Gasteiger partial charge in [0, 0.05) is 18.4 Å². The second-order valence-electron chi connectivity index (χ2n) is 6.65. The first-order chi connectivity index (χ1) is 14.9. The zero-order valence-corrected chi connectivity index (χ0v) is 18.7. The molecule has 1 aromatic rings. The number of unbranched alkanes of at least 4 members (excludes halogenated alkanes) is 1. The van der Waals surface area contributed by atoms with E-state index in [0.29, 0.717) is 6.42 Å². The van der Waals surface area contributed by atoms with Crippen LogP contribution in [0.3, 0.4) is 0 Å². The number of hydrogen-bond donors (Lipinski definition) is 0. The number of ketones is 2. The third-order valence-corrected chi connectivity index (χ3v) is 4.52. The molecular formula is C23H32O8. The van der Waals surface area contributed by atoms with Gasteiger partial charge in [-0.2, -0.15) is 19.2 Å². The average Bonchev–Trinajstić information content (AvgIpc) is 2.75. The van der Waals surface area contributed by atoms with Crippen LogP contribution in [0.4, 0.5) is 0 Å². The van der Waals surface area contributed by atoms with Gasteiger partial charge in [-0.15, -0.1) is 0 Å². The van der Waals surface area contributed by atoms with Crippen molar-refractivity contribution in [1.29, 1.82) is 0 Å². The first-order valence-corrected chi connectivity index (χ1v) is 10.1. The molecule has 1 saturated carbocycles. The molecule has 0 saturated heterocycles. The Morgan fingerprint density at radius 2 is 1.58 bits per heavy atom. The van der Waals surface area contributed by atoms with Crippen molar-refractivity contribution >= 4 is 23.9 Å². The van der Waals surface area contributed by atoms with E-state index >= 15 is 0 Å². The van der Waals surface area contributed by atoms with Crippen LogP contribution in [0.15, 0.2) is 18.2 Å². The first kappa shape index (κ1) is 30.1. The van der Waals surface area contributed by atoms with Gasteiger partial charge in [-0.25, -0.2) is 0 Å². The summed E-state index contributed by atoms with van der Waals surface area (Å²) in [4.78, 5) is 54.7. The molecule has 31 heavy (non-hydrogen) atoms.